The first kappa shape index (κ1) is 19.7. The van der Waals surface area contributed by atoms with Crippen molar-refractivity contribution in [3.63, 3.8) is 0 Å². The summed E-state index contributed by atoms with van der Waals surface area (Å²) in [6, 6.07) is 18.6. The number of hydrogen-bond donors (Lipinski definition) is 2. The van der Waals surface area contributed by atoms with Crippen LogP contribution in [0.25, 0.3) is 0 Å². The van der Waals surface area contributed by atoms with Crippen LogP contribution in [0.1, 0.15) is 23.2 Å². The van der Waals surface area contributed by atoms with E-state index in [2.05, 4.69) is 25.7 Å². The van der Waals surface area contributed by atoms with Crippen LogP contribution in [-0.2, 0) is 0 Å². The monoisotopic (exact) mass is 403 g/mol. The first-order chi connectivity index (χ1) is 14.8. The normalized spacial score (nSPS) is 13.1. The molecule has 3 aromatic rings. The van der Waals surface area contributed by atoms with Crippen molar-refractivity contribution in [2.24, 2.45) is 0 Å². The molecule has 30 heavy (non-hydrogen) atoms. The van der Waals surface area contributed by atoms with Gasteiger partial charge in [0.1, 0.15) is 11.5 Å². The van der Waals surface area contributed by atoms with Gasteiger partial charge < -0.3 is 20.3 Å². The standard InChI is InChI=1S/C23H25N5O2/c29-23(20-10-4-5-11-21(20)30-19-8-2-1-3-9-19)25-13-12-24-22-16-18(17-26-27-22)28-14-6-7-15-28/h1-5,8-11,16-17H,6-7,12-15H2,(H,24,27)(H,25,29). The number of rotatable bonds is 8. The fourth-order valence-corrected chi connectivity index (χ4v) is 3.41. The second-order valence-corrected chi connectivity index (χ2v) is 7.09. The summed E-state index contributed by atoms with van der Waals surface area (Å²) in [5.74, 6) is 1.75. The molecule has 1 amide bonds. The highest BCUT2D eigenvalue weighted by Crippen LogP contribution is 2.25. The third-order valence-corrected chi connectivity index (χ3v) is 4.93. The third kappa shape index (κ3) is 5.05. The largest absolute Gasteiger partial charge is 0.457 e. The summed E-state index contributed by atoms with van der Waals surface area (Å²) in [5, 5.41) is 14.4. The first-order valence-corrected chi connectivity index (χ1v) is 10.2. The van der Waals surface area contributed by atoms with E-state index in [1.54, 1.807) is 18.3 Å². The second-order valence-electron chi connectivity index (χ2n) is 7.09. The Balaban J connectivity index is 1.30. The number of benzene rings is 2. The molecule has 1 aromatic heterocycles. The topological polar surface area (TPSA) is 79.4 Å². The number of carbonyl (C=O) groups excluding carboxylic acids is 1. The van der Waals surface area contributed by atoms with Gasteiger partial charge in [0.15, 0.2) is 5.82 Å². The summed E-state index contributed by atoms with van der Waals surface area (Å²) in [4.78, 5) is 15.0. The van der Waals surface area contributed by atoms with E-state index in [1.165, 1.54) is 12.8 Å². The van der Waals surface area contributed by atoms with Crippen molar-refractivity contribution in [3.05, 3.63) is 72.4 Å². The molecule has 0 spiro atoms. The van der Waals surface area contributed by atoms with Gasteiger partial charge in [-0.05, 0) is 37.1 Å². The molecule has 0 radical (unpaired) electrons. The molecule has 1 aliphatic heterocycles. The fraction of sp³-hybridized carbons (Fsp3) is 0.261. The van der Waals surface area contributed by atoms with Crippen LogP contribution in [-0.4, -0.2) is 42.3 Å². The number of hydrogen-bond acceptors (Lipinski definition) is 6. The minimum atomic E-state index is -0.180. The summed E-state index contributed by atoms with van der Waals surface area (Å²) in [6.07, 6.45) is 4.22. The minimum Gasteiger partial charge on any atom is -0.457 e. The number of ether oxygens (including phenoxy) is 1. The summed E-state index contributed by atoms with van der Waals surface area (Å²) in [6.45, 7) is 3.12. The van der Waals surface area contributed by atoms with E-state index in [-0.39, 0.29) is 5.91 Å². The Morgan fingerprint density at radius 2 is 1.77 bits per heavy atom. The summed E-state index contributed by atoms with van der Waals surface area (Å²) >= 11 is 0. The Morgan fingerprint density at radius 3 is 2.60 bits per heavy atom. The molecule has 4 rings (SSSR count). The minimum absolute atomic E-state index is 0.180. The van der Waals surface area contributed by atoms with Gasteiger partial charge in [-0.3, -0.25) is 4.79 Å². The van der Waals surface area contributed by atoms with Crippen LogP contribution >= 0.6 is 0 Å². The quantitative estimate of drug-likeness (QED) is 0.558. The zero-order chi connectivity index (χ0) is 20.6. The van der Waals surface area contributed by atoms with Crippen molar-refractivity contribution in [1.82, 2.24) is 15.5 Å². The van der Waals surface area contributed by atoms with Crippen LogP contribution < -0.4 is 20.3 Å². The summed E-state index contributed by atoms with van der Waals surface area (Å²) in [5.41, 5.74) is 1.58. The number of para-hydroxylation sites is 2. The van der Waals surface area contributed by atoms with Crippen molar-refractivity contribution in [2.75, 3.05) is 36.4 Å². The molecule has 0 bridgehead atoms. The third-order valence-electron chi connectivity index (χ3n) is 4.93. The molecule has 0 aliphatic carbocycles. The molecule has 2 aromatic carbocycles. The molecule has 7 heteroatoms. The highest BCUT2D eigenvalue weighted by Gasteiger charge is 2.14. The Morgan fingerprint density at radius 1 is 1.00 bits per heavy atom. The molecule has 1 fully saturated rings. The Hall–Kier alpha value is -3.61. The van der Waals surface area contributed by atoms with E-state index in [9.17, 15) is 4.79 Å². The van der Waals surface area contributed by atoms with Gasteiger partial charge >= 0.3 is 0 Å². The lowest BCUT2D eigenvalue weighted by Gasteiger charge is -2.17. The van der Waals surface area contributed by atoms with Gasteiger partial charge in [-0.25, -0.2) is 0 Å². The Kier molecular flexibility index (Phi) is 6.39. The molecule has 1 aliphatic rings. The van der Waals surface area contributed by atoms with E-state index in [0.29, 0.717) is 36.0 Å². The molecule has 2 heterocycles. The van der Waals surface area contributed by atoms with E-state index in [0.717, 1.165) is 18.8 Å². The van der Waals surface area contributed by atoms with Crippen molar-refractivity contribution < 1.29 is 9.53 Å². The molecule has 0 atom stereocenters. The number of anilines is 2. The van der Waals surface area contributed by atoms with Gasteiger partial charge in [-0.1, -0.05) is 30.3 Å². The summed E-state index contributed by atoms with van der Waals surface area (Å²) < 4.78 is 5.87. The molecule has 7 nitrogen and oxygen atoms in total. The van der Waals surface area contributed by atoms with Gasteiger partial charge in [0.25, 0.3) is 5.91 Å². The molecule has 154 valence electrons. The second kappa shape index (κ2) is 9.73. The van der Waals surface area contributed by atoms with Crippen molar-refractivity contribution in [2.45, 2.75) is 12.8 Å². The molecule has 1 saturated heterocycles. The van der Waals surface area contributed by atoms with Crippen molar-refractivity contribution >= 4 is 17.4 Å². The highest BCUT2D eigenvalue weighted by atomic mass is 16.5. The van der Waals surface area contributed by atoms with Crippen LogP contribution in [0.4, 0.5) is 11.5 Å². The van der Waals surface area contributed by atoms with Crippen molar-refractivity contribution in [3.8, 4) is 11.5 Å². The molecule has 2 N–H and O–H groups in total. The van der Waals surface area contributed by atoms with Crippen LogP contribution in [0, 0.1) is 0 Å². The zero-order valence-electron chi connectivity index (χ0n) is 16.8. The maximum Gasteiger partial charge on any atom is 0.255 e. The highest BCUT2D eigenvalue weighted by molar-refractivity contribution is 5.97. The molecular weight excluding hydrogens is 378 g/mol. The molecule has 0 saturated carbocycles. The number of aromatic nitrogens is 2. The van der Waals surface area contributed by atoms with Gasteiger partial charge in [0, 0.05) is 32.2 Å². The SMILES string of the molecule is O=C(NCCNc1cc(N2CCCC2)cnn1)c1ccccc1Oc1ccccc1. The van der Waals surface area contributed by atoms with Gasteiger partial charge in [0.2, 0.25) is 0 Å². The average molecular weight is 403 g/mol. The first-order valence-electron chi connectivity index (χ1n) is 10.2. The van der Waals surface area contributed by atoms with Crippen molar-refractivity contribution in [1.29, 1.82) is 0 Å². The van der Waals surface area contributed by atoms with Crippen LogP contribution in [0.15, 0.2) is 66.9 Å². The van der Waals surface area contributed by atoms with Crippen LogP contribution in [0.2, 0.25) is 0 Å². The van der Waals surface area contributed by atoms with E-state index < -0.39 is 0 Å². The maximum atomic E-state index is 12.6. The zero-order valence-corrected chi connectivity index (χ0v) is 16.8. The lowest BCUT2D eigenvalue weighted by Crippen LogP contribution is -2.29. The van der Waals surface area contributed by atoms with Gasteiger partial charge in [-0.15, -0.1) is 5.10 Å². The smallest absolute Gasteiger partial charge is 0.255 e. The van der Waals surface area contributed by atoms with E-state index >= 15 is 0 Å². The number of carbonyl (C=O) groups is 1. The Labute approximate surface area is 176 Å². The lowest BCUT2D eigenvalue weighted by atomic mass is 10.2. The summed E-state index contributed by atoms with van der Waals surface area (Å²) in [7, 11) is 0. The van der Waals surface area contributed by atoms with Gasteiger partial charge in [0.05, 0.1) is 17.4 Å². The predicted octanol–water partition coefficient (Wildman–Crippen LogP) is 3.71. The molecule has 0 unspecified atom stereocenters. The average Bonchev–Trinajstić information content (AvgIpc) is 3.33. The lowest BCUT2D eigenvalue weighted by molar-refractivity contribution is 0.0953. The Bertz CT molecular complexity index is 974. The number of nitrogens with one attached hydrogen (secondary N) is 2. The maximum absolute atomic E-state index is 12.6. The van der Waals surface area contributed by atoms with E-state index in [1.807, 2.05) is 48.5 Å². The van der Waals surface area contributed by atoms with Gasteiger partial charge in [-0.2, -0.15) is 5.10 Å². The predicted molar refractivity (Wildman–Crippen MR) is 117 cm³/mol. The van der Waals surface area contributed by atoms with E-state index in [4.69, 9.17) is 4.74 Å². The number of amides is 1. The van der Waals surface area contributed by atoms with Crippen LogP contribution in [0.3, 0.4) is 0 Å². The van der Waals surface area contributed by atoms with Crippen LogP contribution in [0.5, 0.6) is 11.5 Å². The number of nitrogens with zero attached hydrogens (tertiary/aromatic N) is 3. The molecular formula is C23H25N5O2. The fourth-order valence-electron chi connectivity index (χ4n) is 3.41.